The molecule has 1 aromatic rings. The number of hydrogen-bond acceptors (Lipinski definition) is 2. The summed E-state index contributed by atoms with van der Waals surface area (Å²) in [7, 11) is 0. The Morgan fingerprint density at radius 2 is 1.95 bits per heavy atom. The first-order valence-electron chi connectivity index (χ1n) is 7.10. The van der Waals surface area contributed by atoms with Gasteiger partial charge in [0.1, 0.15) is 0 Å². The number of nitrogens with zero attached hydrogens (tertiary/aromatic N) is 1. The van der Waals surface area contributed by atoms with Crippen LogP contribution >= 0.6 is 0 Å². The van der Waals surface area contributed by atoms with Crippen LogP contribution in [0, 0.1) is 6.92 Å². The summed E-state index contributed by atoms with van der Waals surface area (Å²) in [5.74, 6) is -0.744. The molecule has 1 amide bonds. The maximum absolute atomic E-state index is 12.4. The number of carbonyl (C=O) groups is 2. The van der Waals surface area contributed by atoms with E-state index in [4.69, 9.17) is 5.11 Å². The first kappa shape index (κ1) is 14.6. The van der Waals surface area contributed by atoms with Crippen molar-refractivity contribution < 1.29 is 14.7 Å². The molecule has 108 valence electrons. The van der Waals surface area contributed by atoms with E-state index in [0.29, 0.717) is 0 Å². The molecule has 1 saturated heterocycles. The lowest BCUT2D eigenvalue weighted by Crippen LogP contribution is -2.28. The molecule has 0 aliphatic carbocycles. The molecule has 0 aromatic heterocycles. The van der Waals surface area contributed by atoms with Crippen LogP contribution in [-0.2, 0) is 4.79 Å². The highest BCUT2D eigenvalue weighted by Gasteiger charge is 2.21. The van der Waals surface area contributed by atoms with Gasteiger partial charge in [-0.2, -0.15) is 0 Å². The molecular formula is C16H21NO3. The maximum atomic E-state index is 12.4. The number of hydrogen-bond donors (Lipinski definition) is 1. The fraction of sp³-hybridized carbons (Fsp3) is 0.500. The Hall–Kier alpha value is -1.84. The van der Waals surface area contributed by atoms with Gasteiger partial charge in [-0.1, -0.05) is 19.1 Å². The first-order valence-corrected chi connectivity index (χ1v) is 7.10. The smallest absolute Gasteiger partial charge is 0.303 e. The SMILES string of the molecule is Cc1cc(C(C)CC(=O)O)ccc1C(=O)N1CCCC1. The number of aryl methyl sites for hydroxylation is 1. The Bertz CT molecular complexity index is 518. The number of rotatable bonds is 4. The standard InChI is InChI=1S/C16H21NO3/c1-11(10-15(18)19)13-5-6-14(12(2)9-13)16(20)17-7-3-4-8-17/h5-6,9,11H,3-4,7-8,10H2,1-2H3,(H,18,19). The summed E-state index contributed by atoms with van der Waals surface area (Å²) in [6, 6.07) is 5.66. The molecule has 0 radical (unpaired) electrons. The second-order valence-corrected chi connectivity index (χ2v) is 5.57. The highest BCUT2D eigenvalue weighted by molar-refractivity contribution is 5.95. The minimum absolute atomic E-state index is 0.0397. The molecule has 4 nitrogen and oxygen atoms in total. The van der Waals surface area contributed by atoms with E-state index < -0.39 is 5.97 Å². The van der Waals surface area contributed by atoms with Crippen LogP contribution in [-0.4, -0.2) is 35.0 Å². The van der Waals surface area contributed by atoms with Crippen LogP contribution in [0.2, 0.25) is 0 Å². The number of carboxylic acids is 1. The van der Waals surface area contributed by atoms with Gasteiger partial charge < -0.3 is 10.0 Å². The number of aliphatic carboxylic acids is 1. The van der Waals surface area contributed by atoms with E-state index in [1.54, 1.807) is 0 Å². The maximum Gasteiger partial charge on any atom is 0.303 e. The molecule has 20 heavy (non-hydrogen) atoms. The van der Waals surface area contributed by atoms with Crippen LogP contribution in [0.25, 0.3) is 0 Å². The Kier molecular flexibility index (Phi) is 4.42. The lowest BCUT2D eigenvalue weighted by molar-refractivity contribution is -0.137. The lowest BCUT2D eigenvalue weighted by Gasteiger charge is -2.18. The van der Waals surface area contributed by atoms with Gasteiger partial charge in [0.15, 0.2) is 0 Å². The molecule has 1 aliphatic rings. The van der Waals surface area contributed by atoms with Crippen molar-refractivity contribution in [1.29, 1.82) is 0 Å². The molecule has 2 rings (SSSR count). The monoisotopic (exact) mass is 275 g/mol. The highest BCUT2D eigenvalue weighted by Crippen LogP contribution is 2.23. The average Bonchev–Trinajstić information content (AvgIpc) is 2.90. The normalized spacial score (nSPS) is 16.2. The van der Waals surface area contributed by atoms with Crippen LogP contribution in [0.1, 0.15) is 53.6 Å². The molecular weight excluding hydrogens is 254 g/mol. The van der Waals surface area contributed by atoms with Gasteiger partial charge in [0, 0.05) is 18.7 Å². The quantitative estimate of drug-likeness (QED) is 0.919. The number of amides is 1. The van der Waals surface area contributed by atoms with E-state index in [0.717, 1.165) is 42.6 Å². The molecule has 0 saturated carbocycles. The third-order valence-corrected chi connectivity index (χ3v) is 3.92. The van der Waals surface area contributed by atoms with Crippen LogP contribution in [0.5, 0.6) is 0 Å². The predicted molar refractivity (Wildman–Crippen MR) is 77.0 cm³/mol. The van der Waals surface area contributed by atoms with Crippen molar-refractivity contribution in [3.8, 4) is 0 Å². The zero-order valence-electron chi connectivity index (χ0n) is 12.1. The fourth-order valence-electron chi connectivity index (χ4n) is 2.70. The van der Waals surface area contributed by atoms with Crippen molar-refractivity contribution in [3.05, 3.63) is 34.9 Å². The van der Waals surface area contributed by atoms with Crippen molar-refractivity contribution >= 4 is 11.9 Å². The largest absolute Gasteiger partial charge is 0.481 e. The molecule has 4 heteroatoms. The van der Waals surface area contributed by atoms with Crippen molar-refractivity contribution in [2.45, 2.75) is 39.0 Å². The number of likely N-dealkylation sites (tertiary alicyclic amines) is 1. The van der Waals surface area contributed by atoms with Crippen LogP contribution < -0.4 is 0 Å². The van der Waals surface area contributed by atoms with E-state index in [2.05, 4.69) is 0 Å². The van der Waals surface area contributed by atoms with Gasteiger partial charge in [-0.3, -0.25) is 9.59 Å². The molecule has 1 aliphatic heterocycles. The summed E-state index contributed by atoms with van der Waals surface area (Å²) in [4.78, 5) is 25.0. The minimum Gasteiger partial charge on any atom is -0.481 e. The Labute approximate surface area is 119 Å². The van der Waals surface area contributed by atoms with Crippen molar-refractivity contribution in [2.75, 3.05) is 13.1 Å². The van der Waals surface area contributed by atoms with Crippen molar-refractivity contribution in [3.63, 3.8) is 0 Å². The van der Waals surface area contributed by atoms with Gasteiger partial charge in [-0.05, 0) is 42.9 Å². The molecule has 1 N–H and O–H groups in total. The summed E-state index contributed by atoms with van der Waals surface area (Å²) in [5, 5.41) is 8.84. The summed E-state index contributed by atoms with van der Waals surface area (Å²) < 4.78 is 0. The Morgan fingerprint density at radius 3 is 2.50 bits per heavy atom. The Morgan fingerprint density at radius 1 is 1.30 bits per heavy atom. The minimum atomic E-state index is -0.799. The highest BCUT2D eigenvalue weighted by atomic mass is 16.4. The first-order chi connectivity index (χ1) is 9.49. The molecule has 0 spiro atoms. The van der Waals surface area contributed by atoms with Crippen LogP contribution in [0.4, 0.5) is 0 Å². The van der Waals surface area contributed by atoms with E-state index in [1.807, 2.05) is 36.9 Å². The topological polar surface area (TPSA) is 57.6 Å². The summed E-state index contributed by atoms with van der Waals surface area (Å²) in [5.41, 5.74) is 2.64. The second-order valence-electron chi connectivity index (χ2n) is 5.57. The van der Waals surface area contributed by atoms with Crippen LogP contribution in [0.3, 0.4) is 0 Å². The van der Waals surface area contributed by atoms with Gasteiger partial charge in [0.05, 0.1) is 6.42 Å². The molecule has 0 bridgehead atoms. The number of carboxylic acid groups (broad SMARTS) is 1. The van der Waals surface area contributed by atoms with Gasteiger partial charge in [0.25, 0.3) is 5.91 Å². The molecule has 1 heterocycles. The Balaban J connectivity index is 2.16. The fourth-order valence-corrected chi connectivity index (χ4v) is 2.70. The summed E-state index contributed by atoms with van der Waals surface area (Å²) >= 11 is 0. The van der Waals surface area contributed by atoms with E-state index in [9.17, 15) is 9.59 Å². The van der Waals surface area contributed by atoms with E-state index in [1.165, 1.54) is 0 Å². The van der Waals surface area contributed by atoms with Crippen LogP contribution in [0.15, 0.2) is 18.2 Å². The van der Waals surface area contributed by atoms with Gasteiger partial charge >= 0.3 is 5.97 Å². The van der Waals surface area contributed by atoms with Crippen molar-refractivity contribution in [1.82, 2.24) is 4.90 Å². The van der Waals surface area contributed by atoms with E-state index >= 15 is 0 Å². The van der Waals surface area contributed by atoms with Gasteiger partial charge in [-0.15, -0.1) is 0 Å². The van der Waals surface area contributed by atoms with E-state index in [-0.39, 0.29) is 18.2 Å². The number of carbonyl (C=O) groups excluding carboxylic acids is 1. The summed E-state index contributed by atoms with van der Waals surface area (Å²) in [6.45, 7) is 5.50. The molecule has 1 fully saturated rings. The second kappa shape index (κ2) is 6.07. The van der Waals surface area contributed by atoms with Gasteiger partial charge in [0.2, 0.25) is 0 Å². The third kappa shape index (κ3) is 3.18. The third-order valence-electron chi connectivity index (χ3n) is 3.92. The lowest BCUT2D eigenvalue weighted by atomic mass is 9.94. The summed E-state index contributed by atoms with van der Waals surface area (Å²) in [6.07, 6.45) is 2.27. The zero-order valence-corrected chi connectivity index (χ0v) is 12.1. The van der Waals surface area contributed by atoms with Crippen molar-refractivity contribution in [2.24, 2.45) is 0 Å². The predicted octanol–water partition coefficient (Wildman–Crippen LogP) is 2.81. The van der Waals surface area contributed by atoms with Gasteiger partial charge in [-0.25, -0.2) is 0 Å². The molecule has 1 aromatic carbocycles. The average molecular weight is 275 g/mol. The zero-order chi connectivity index (χ0) is 14.7. The molecule has 1 atom stereocenters. The molecule has 1 unspecified atom stereocenters. The number of benzene rings is 1.